The molecule has 8 aromatic rings. The van der Waals surface area contributed by atoms with Crippen LogP contribution in [-0.2, 0) is 42.7 Å². The summed E-state index contributed by atoms with van der Waals surface area (Å²) in [6.45, 7) is 29.4. The van der Waals surface area contributed by atoms with Gasteiger partial charge in [0.1, 0.15) is 5.82 Å². The summed E-state index contributed by atoms with van der Waals surface area (Å²) in [5, 5.41) is 2.24. The van der Waals surface area contributed by atoms with Crippen LogP contribution in [0.3, 0.4) is 0 Å². The third kappa shape index (κ3) is 8.64. The molecule has 0 saturated heterocycles. The van der Waals surface area contributed by atoms with E-state index in [1.54, 1.807) is 0 Å². The van der Waals surface area contributed by atoms with Gasteiger partial charge in [-0.1, -0.05) is 149 Å². The Morgan fingerprint density at radius 1 is 0.500 bits per heavy atom. The number of para-hydroxylation sites is 1. The summed E-state index contributed by atoms with van der Waals surface area (Å²) < 4.78 is 9.08. The van der Waals surface area contributed by atoms with E-state index in [2.05, 4.69) is 238 Å². The van der Waals surface area contributed by atoms with Gasteiger partial charge < -0.3 is 19.1 Å². The van der Waals surface area contributed by atoms with Crippen molar-refractivity contribution in [1.82, 2.24) is 9.55 Å². The van der Waals surface area contributed by atoms with Crippen molar-refractivity contribution in [2.45, 2.75) is 105 Å². The first kappa shape index (κ1) is 44.9. The number of rotatable bonds is 6. The molecule has 0 fully saturated rings. The van der Waals surface area contributed by atoms with Crippen molar-refractivity contribution in [1.29, 1.82) is 0 Å². The third-order valence-corrected chi connectivity index (χ3v) is 12.3. The molecular formula is C58H59N4OPt-3. The monoisotopic (exact) mass is 1020 g/mol. The summed E-state index contributed by atoms with van der Waals surface area (Å²) in [5.74, 6) is 2.10. The van der Waals surface area contributed by atoms with Crippen molar-refractivity contribution in [3.8, 4) is 28.4 Å². The van der Waals surface area contributed by atoms with Gasteiger partial charge >= 0.3 is 0 Å². The summed E-state index contributed by atoms with van der Waals surface area (Å²) >= 11 is 0. The Bertz CT molecular complexity index is 3010. The van der Waals surface area contributed by atoms with Crippen LogP contribution in [0.2, 0.25) is 0 Å². The topological polar surface area (TPSA) is 33.5 Å². The molecule has 0 amide bonds. The number of benzene rings is 6. The molecule has 0 bridgehead atoms. The van der Waals surface area contributed by atoms with Gasteiger partial charge in [0.15, 0.2) is 0 Å². The standard InChI is InChI=1S/C58H59N4O.Pt/c1-55(2,3)40-22-25-51-53(33-40)61(44-29-39(38-18-14-13-15-19-38)28-42(30-44)57(7,8)9)37-60(51)45-31-43(58(10,11)12)32-47(35-45)63-46-23-24-49-48-20-16-17-21-50(48)62(52(49)36-46)54-34-41(26-27-59-54)56(4,5)6;/h13-34,37H,1-12H3;/q-3;. The molecule has 0 radical (unpaired) electrons. The molecule has 64 heavy (non-hydrogen) atoms. The Balaban J connectivity index is 0.00000560. The molecule has 0 saturated carbocycles. The smallest absolute Gasteiger partial charge is 0.135 e. The molecule has 0 N–H and O–H groups in total. The molecule has 0 atom stereocenters. The first-order chi connectivity index (χ1) is 29.7. The maximum atomic E-state index is 6.87. The largest absolute Gasteiger partial charge is 0.509 e. The summed E-state index contributed by atoms with van der Waals surface area (Å²) in [6, 6.07) is 53.4. The molecule has 0 spiro atoms. The zero-order valence-electron chi connectivity index (χ0n) is 39.3. The molecule has 0 unspecified atom stereocenters. The van der Waals surface area contributed by atoms with Gasteiger partial charge in [-0.2, -0.15) is 6.07 Å². The van der Waals surface area contributed by atoms with Crippen molar-refractivity contribution >= 4 is 44.6 Å². The number of hydrogen-bond acceptors (Lipinski definition) is 4. The predicted molar refractivity (Wildman–Crippen MR) is 264 cm³/mol. The zero-order valence-corrected chi connectivity index (χ0v) is 41.6. The van der Waals surface area contributed by atoms with Gasteiger partial charge in [-0.3, -0.25) is 0 Å². The zero-order chi connectivity index (χ0) is 44.6. The Labute approximate surface area is 395 Å². The van der Waals surface area contributed by atoms with E-state index in [4.69, 9.17) is 9.72 Å². The van der Waals surface area contributed by atoms with Crippen LogP contribution in [0.4, 0.5) is 22.7 Å². The fourth-order valence-corrected chi connectivity index (χ4v) is 8.45. The summed E-state index contributed by atoms with van der Waals surface area (Å²) in [4.78, 5) is 9.52. The van der Waals surface area contributed by atoms with Gasteiger partial charge in [-0.15, -0.1) is 53.6 Å². The van der Waals surface area contributed by atoms with Crippen molar-refractivity contribution in [3.05, 3.63) is 175 Å². The molecule has 2 aromatic heterocycles. The van der Waals surface area contributed by atoms with E-state index in [1.807, 2.05) is 12.3 Å². The minimum absolute atomic E-state index is 0. The molecule has 0 aliphatic carbocycles. The number of fused-ring (bicyclic) bond motifs is 4. The third-order valence-electron chi connectivity index (χ3n) is 12.3. The van der Waals surface area contributed by atoms with Crippen LogP contribution < -0.4 is 14.5 Å². The van der Waals surface area contributed by atoms with Crippen LogP contribution in [0.1, 0.15) is 105 Å². The molecule has 9 rings (SSSR count). The van der Waals surface area contributed by atoms with Gasteiger partial charge in [-0.05, 0) is 97.3 Å². The molecule has 330 valence electrons. The van der Waals surface area contributed by atoms with E-state index in [0.717, 1.165) is 55.9 Å². The quantitative estimate of drug-likeness (QED) is 0.155. The Hall–Kier alpha value is -5.64. The number of anilines is 4. The summed E-state index contributed by atoms with van der Waals surface area (Å²) in [7, 11) is 0. The second-order valence-electron chi connectivity index (χ2n) is 21.3. The van der Waals surface area contributed by atoms with E-state index >= 15 is 0 Å². The second kappa shape index (κ2) is 16.4. The first-order valence-electron chi connectivity index (χ1n) is 22.2. The number of nitrogens with zero attached hydrogens (tertiary/aromatic N) is 4. The average Bonchev–Trinajstić information content (AvgIpc) is 3.78. The molecule has 1 aliphatic rings. The van der Waals surface area contributed by atoms with E-state index in [-0.39, 0.29) is 42.7 Å². The SMILES string of the molecule is CC(C)(C)c1cc(Oc2[c-]c3c(cc2)c2ccccc2n3-c2cc(C(C)(C)C)ccn2)[c-]c(N2[CH-]N(c3cc(-c4ccccc4)cc(C(C)(C)C)c3)c3cc(C(C)(C)C)ccc32)c1.[Pt]. The fourth-order valence-electron chi connectivity index (χ4n) is 8.45. The normalized spacial score (nSPS) is 13.4. The van der Waals surface area contributed by atoms with E-state index in [0.29, 0.717) is 11.5 Å². The van der Waals surface area contributed by atoms with E-state index in [1.165, 1.54) is 27.8 Å². The fraction of sp³-hybridized carbons (Fsp3) is 0.276. The van der Waals surface area contributed by atoms with Gasteiger partial charge in [0.2, 0.25) is 0 Å². The molecule has 3 heterocycles. The van der Waals surface area contributed by atoms with Crippen molar-refractivity contribution in [3.63, 3.8) is 0 Å². The van der Waals surface area contributed by atoms with E-state index < -0.39 is 0 Å². The first-order valence-corrected chi connectivity index (χ1v) is 22.2. The molecular weight excluding hydrogens is 964 g/mol. The number of aromatic nitrogens is 2. The van der Waals surface area contributed by atoms with Crippen molar-refractivity contribution < 1.29 is 25.8 Å². The summed E-state index contributed by atoms with van der Waals surface area (Å²) in [5.41, 5.74) is 13.2. The molecule has 6 heteroatoms. The number of hydrogen-bond donors (Lipinski definition) is 0. The Kier molecular flexibility index (Phi) is 11.5. The maximum absolute atomic E-state index is 6.87. The van der Waals surface area contributed by atoms with Crippen LogP contribution >= 0.6 is 0 Å². The van der Waals surface area contributed by atoms with Crippen LogP contribution in [0, 0.1) is 18.8 Å². The predicted octanol–water partition coefficient (Wildman–Crippen LogP) is 15.8. The maximum Gasteiger partial charge on any atom is 0.135 e. The van der Waals surface area contributed by atoms with E-state index in [9.17, 15) is 0 Å². The van der Waals surface area contributed by atoms with Gasteiger partial charge in [0, 0.05) is 61.3 Å². The second-order valence-corrected chi connectivity index (χ2v) is 21.3. The van der Waals surface area contributed by atoms with Gasteiger partial charge in [0.05, 0.1) is 0 Å². The Morgan fingerprint density at radius 2 is 1.16 bits per heavy atom. The van der Waals surface area contributed by atoms with Gasteiger partial charge in [0.25, 0.3) is 0 Å². The van der Waals surface area contributed by atoms with Crippen molar-refractivity contribution in [2.75, 3.05) is 9.80 Å². The van der Waals surface area contributed by atoms with Crippen LogP contribution in [0.25, 0.3) is 38.8 Å². The van der Waals surface area contributed by atoms with Crippen molar-refractivity contribution in [2.24, 2.45) is 0 Å². The Morgan fingerprint density at radius 3 is 1.86 bits per heavy atom. The summed E-state index contributed by atoms with van der Waals surface area (Å²) in [6.07, 6.45) is 1.91. The average molecular weight is 1020 g/mol. The number of pyridine rings is 1. The van der Waals surface area contributed by atoms with Crippen LogP contribution in [0.5, 0.6) is 11.5 Å². The van der Waals surface area contributed by atoms with Crippen LogP contribution in [0.15, 0.2) is 134 Å². The molecule has 6 aromatic carbocycles. The minimum atomic E-state index is -0.171. The van der Waals surface area contributed by atoms with Gasteiger partial charge in [-0.25, -0.2) is 4.98 Å². The van der Waals surface area contributed by atoms with Crippen LogP contribution in [-0.4, -0.2) is 9.55 Å². The molecule has 5 nitrogen and oxygen atoms in total. The molecule has 1 aliphatic heterocycles. The number of ether oxygens (including phenoxy) is 1. The minimum Gasteiger partial charge on any atom is -0.509 e.